The predicted octanol–water partition coefficient (Wildman–Crippen LogP) is 1.61. The molecule has 2 N–H and O–H groups in total. The summed E-state index contributed by atoms with van der Waals surface area (Å²) in [7, 11) is 0. The summed E-state index contributed by atoms with van der Waals surface area (Å²) in [6.45, 7) is 8.03. The van der Waals surface area contributed by atoms with Gasteiger partial charge in [-0.1, -0.05) is 25.6 Å². The van der Waals surface area contributed by atoms with Gasteiger partial charge in [0.15, 0.2) is 0 Å². The fraction of sp³-hybridized carbons (Fsp3) is 0.923. The average Bonchev–Trinajstić information content (AvgIpc) is 2.39. The molecule has 0 aromatic heterocycles. The first-order valence-corrected chi connectivity index (χ1v) is 7.37. The van der Waals surface area contributed by atoms with Gasteiger partial charge in [-0.2, -0.15) is 0 Å². The first-order valence-electron chi connectivity index (χ1n) is 6.96. The van der Waals surface area contributed by atoms with Crippen molar-refractivity contribution >= 4 is 17.2 Å². The van der Waals surface area contributed by atoms with Crippen LogP contribution in [-0.4, -0.2) is 53.1 Å². The summed E-state index contributed by atoms with van der Waals surface area (Å²) in [4.78, 5) is 5.81. The SMILES string of the molecule is CCN1CCC(C(N)=S)(N2CCCCC2)CC1. The van der Waals surface area contributed by atoms with Gasteiger partial charge < -0.3 is 10.6 Å². The van der Waals surface area contributed by atoms with Gasteiger partial charge in [-0.3, -0.25) is 4.90 Å². The molecular formula is C13H25N3S. The lowest BCUT2D eigenvalue weighted by molar-refractivity contribution is 0.0575. The lowest BCUT2D eigenvalue weighted by Crippen LogP contribution is -2.62. The van der Waals surface area contributed by atoms with E-state index in [0.29, 0.717) is 0 Å². The van der Waals surface area contributed by atoms with Gasteiger partial charge in [0, 0.05) is 13.1 Å². The van der Waals surface area contributed by atoms with Crippen molar-refractivity contribution in [3.8, 4) is 0 Å². The Morgan fingerprint density at radius 1 is 1.12 bits per heavy atom. The highest BCUT2D eigenvalue weighted by molar-refractivity contribution is 7.80. The first kappa shape index (κ1) is 13.2. The van der Waals surface area contributed by atoms with Crippen molar-refractivity contribution in [2.24, 2.45) is 5.73 Å². The Morgan fingerprint density at radius 3 is 2.18 bits per heavy atom. The third kappa shape index (κ3) is 2.64. The maximum atomic E-state index is 6.09. The van der Waals surface area contributed by atoms with Crippen molar-refractivity contribution in [2.75, 3.05) is 32.7 Å². The van der Waals surface area contributed by atoms with Crippen LogP contribution in [0.2, 0.25) is 0 Å². The molecular weight excluding hydrogens is 230 g/mol. The molecule has 4 heteroatoms. The van der Waals surface area contributed by atoms with Crippen LogP contribution in [0.4, 0.5) is 0 Å². The normalized spacial score (nSPS) is 26.9. The van der Waals surface area contributed by atoms with Crippen LogP contribution in [0.15, 0.2) is 0 Å². The molecule has 0 unspecified atom stereocenters. The standard InChI is InChI=1S/C13H25N3S/c1-2-15-10-6-13(7-11-15,12(14)17)16-8-4-3-5-9-16/h2-11H2,1H3,(H2,14,17). The van der Waals surface area contributed by atoms with E-state index in [0.717, 1.165) is 37.5 Å². The van der Waals surface area contributed by atoms with E-state index < -0.39 is 0 Å². The third-order valence-electron chi connectivity index (χ3n) is 4.55. The van der Waals surface area contributed by atoms with Gasteiger partial charge in [-0.05, 0) is 45.3 Å². The molecule has 2 heterocycles. The Morgan fingerprint density at radius 2 is 1.71 bits per heavy atom. The largest absolute Gasteiger partial charge is 0.392 e. The minimum absolute atomic E-state index is 0.0292. The second-order valence-corrected chi connectivity index (χ2v) is 5.82. The predicted molar refractivity (Wildman–Crippen MR) is 76.3 cm³/mol. The van der Waals surface area contributed by atoms with Gasteiger partial charge >= 0.3 is 0 Å². The molecule has 2 fully saturated rings. The van der Waals surface area contributed by atoms with Crippen LogP contribution >= 0.6 is 12.2 Å². The van der Waals surface area contributed by atoms with Crippen LogP contribution in [0.25, 0.3) is 0 Å². The number of hydrogen-bond donors (Lipinski definition) is 1. The Hall–Kier alpha value is -0.190. The highest BCUT2D eigenvalue weighted by atomic mass is 32.1. The van der Waals surface area contributed by atoms with Crippen molar-refractivity contribution in [1.82, 2.24) is 9.80 Å². The molecule has 0 spiro atoms. The Labute approximate surface area is 110 Å². The van der Waals surface area contributed by atoms with Crippen LogP contribution in [0.5, 0.6) is 0 Å². The zero-order valence-electron chi connectivity index (χ0n) is 11.0. The summed E-state index contributed by atoms with van der Waals surface area (Å²) >= 11 is 5.40. The summed E-state index contributed by atoms with van der Waals surface area (Å²) in [5.74, 6) is 0. The molecule has 0 saturated carbocycles. The minimum Gasteiger partial charge on any atom is -0.392 e. The van der Waals surface area contributed by atoms with Crippen LogP contribution in [0, 0.1) is 0 Å². The zero-order valence-corrected chi connectivity index (χ0v) is 11.8. The van der Waals surface area contributed by atoms with Crippen molar-refractivity contribution in [1.29, 1.82) is 0 Å². The molecule has 0 amide bonds. The number of rotatable bonds is 3. The number of piperidine rings is 2. The van der Waals surface area contributed by atoms with E-state index >= 15 is 0 Å². The van der Waals surface area contributed by atoms with Crippen molar-refractivity contribution in [3.05, 3.63) is 0 Å². The van der Waals surface area contributed by atoms with Gasteiger partial charge in [0.25, 0.3) is 0 Å². The van der Waals surface area contributed by atoms with Gasteiger partial charge in [0.05, 0.1) is 10.5 Å². The third-order valence-corrected chi connectivity index (χ3v) is 4.93. The van der Waals surface area contributed by atoms with Crippen LogP contribution in [0.3, 0.4) is 0 Å². The van der Waals surface area contributed by atoms with Gasteiger partial charge in [0.1, 0.15) is 0 Å². The van der Waals surface area contributed by atoms with Gasteiger partial charge in [-0.15, -0.1) is 0 Å². The Kier molecular flexibility index (Phi) is 4.39. The summed E-state index contributed by atoms with van der Waals surface area (Å²) in [5, 5.41) is 0. The summed E-state index contributed by atoms with van der Waals surface area (Å²) in [6, 6.07) is 0. The summed E-state index contributed by atoms with van der Waals surface area (Å²) < 4.78 is 0. The molecule has 0 aromatic carbocycles. The minimum atomic E-state index is 0.0292. The fourth-order valence-corrected chi connectivity index (χ4v) is 3.61. The molecule has 0 aromatic rings. The molecule has 3 nitrogen and oxygen atoms in total. The van der Waals surface area contributed by atoms with Crippen LogP contribution in [0.1, 0.15) is 39.0 Å². The highest BCUT2D eigenvalue weighted by Gasteiger charge is 2.42. The Bertz CT molecular complexity index is 266. The second-order valence-electron chi connectivity index (χ2n) is 5.38. The summed E-state index contributed by atoms with van der Waals surface area (Å²) in [6.07, 6.45) is 6.22. The zero-order chi connectivity index (χ0) is 12.3. The van der Waals surface area contributed by atoms with E-state index in [1.807, 2.05) is 0 Å². The van der Waals surface area contributed by atoms with E-state index in [-0.39, 0.29) is 5.54 Å². The maximum Gasteiger partial charge on any atom is 0.0934 e. The number of hydrogen-bond acceptors (Lipinski definition) is 3. The fourth-order valence-electron chi connectivity index (χ4n) is 3.28. The van der Waals surface area contributed by atoms with Crippen molar-refractivity contribution < 1.29 is 0 Å². The van der Waals surface area contributed by atoms with Crippen molar-refractivity contribution in [2.45, 2.75) is 44.6 Å². The van der Waals surface area contributed by atoms with E-state index in [1.54, 1.807) is 0 Å². The van der Waals surface area contributed by atoms with Crippen molar-refractivity contribution in [3.63, 3.8) is 0 Å². The quantitative estimate of drug-likeness (QED) is 0.777. The lowest BCUT2D eigenvalue weighted by atomic mass is 9.84. The molecule has 17 heavy (non-hydrogen) atoms. The van der Waals surface area contributed by atoms with Gasteiger partial charge in [0.2, 0.25) is 0 Å². The summed E-state index contributed by atoms with van der Waals surface area (Å²) in [5.41, 5.74) is 6.12. The first-order chi connectivity index (χ1) is 8.19. The Balaban J connectivity index is 2.07. The highest BCUT2D eigenvalue weighted by Crippen LogP contribution is 2.31. The number of likely N-dealkylation sites (tertiary alicyclic amines) is 2. The monoisotopic (exact) mass is 255 g/mol. The molecule has 2 saturated heterocycles. The molecule has 0 radical (unpaired) electrons. The molecule has 0 aliphatic carbocycles. The maximum absolute atomic E-state index is 6.09. The molecule has 2 aliphatic heterocycles. The van der Waals surface area contributed by atoms with E-state index in [1.165, 1.54) is 32.4 Å². The smallest absolute Gasteiger partial charge is 0.0934 e. The average molecular weight is 255 g/mol. The number of thiocarbonyl (C=S) groups is 1. The van der Waals surface area contributed by atoms with E-state index in [9.17, 15) is 0 Å². The second kappa shape index (κ2) is 5.63. The van der Waals surface area contributed by atoms with E-state index in [2.05, 4.69) is 16.7 Å². The number of nitrogens with zero attached hydrogens (tertiary/aromatic N) is 2. The van der Waals surface area contributed by atoms with Crippen LogP contribution in [-0.2, 0) is 0 Å². The molecule has 0 atom stereocenters. The number of nitrogens with two attached hydrogens (primary N) is 1. The molecule has 0 bridgehead atoms. The molecule has 2 rings (SSSR count). The lowest BCUT2D eigenvalue weighted by Gasteiger charge is -2.49. The topological polar surface area (TPSA) is 32.5 Å². The van der Waals surface area contributed by atoms with Crippen LogP contribution < -0.4 is 5.73 Å². The van der Waals surface area contributed by atoms with Gasteiger partial charge in [-0.25, -0.2) is 0 Å². The molecule has 2 aliphatic rings. The molecule has 98 valence electrons. The van der Waals surface area contributed by atoms with E-state index in [4.69, 9.17) is 18.0 Å².